The highest BCUT2D eigenvalue weighted by Crippen LogP contribution is 2.16. The smallest absolute Gasteiger partial charge is 0.235 e. The molecule has 0 aliphatic heterocycles. The summed E-state index contributed by atoms with van der Waals surface area (Å²) in [5.74, 6) is 0.475. The number of carbonyl (C=O) groups excluding carboxylic acids is 1. The summed E-state index contributed by atoms with van der Waals surface area (Å²) in [6.07, 6.45) is 5.34. The Labute approximate surface area is 84.9 Å². The van der Waals surface area contributed by atoms with Gasteiger partial charge in [0, 0.05) is 13.2 Å². The number of rotatable bonds is 4. The molecule has 0 radical (unpaired) electrons. The van der Waals surface area contributed by atoms with Crippen LogP contribution >= 0.6 is 21.6 Å². The molecule has 1 rings (SSSR count). The highest BCUT2D eigenvalue weighted by Gasteiger charge is 2.02. The minimum absolute atomic E-state index is 0.00681. The zero-order valence-electron chi connectivity index (χ0n) is 7.48. The topological polar surface area (TPSA) is 46.9 Å². The van der Waals surface area contributed by atoms with E-state index in [2.05, 4.69) is 10.4 Å². The number of hydrogen-bond acceptors (Lipinski definition) is 4. The van der Waals surface area contributed by atoms with Gasteiger partial charge in [0.1, 0.15) is 0 Å². The van der Waals surface area contributed by atoms with Crippen LogP contribution in [0.4, 0.5) is 5.69 Å². The molecule has 0 atom stereocenters. The maximum atomic E-state index is 11.2. The second-order valence-corrected chi connectivity index (χ2v) is 4.94. The molecule has 0 bridgehead atoms. The Morgan fingerprint density at radius 1 is 1.77 bits per heavy atom. The predicted molar refractivity (Wildman–Crippen MR) is 57.8 cm³/mol. The van der Waals surface area contributed by atoms with Crippen LogP contribution in [0.3, 0.4) is 0 Å². The van der Waals surface area contributed by atoms with Gasteiger partial charge >= 0.3 is 0 Å². The predicted octanol–water partition coefficient (Wildman–Crippen LogP) is 1.37. The van der Waals surface area contributed by atoms with Crippen LogP contribution in [0.15, 0.2) is 12.4 Å². The van der Waals surface area contributed by atoms with Crippen LogP contribution in [-0.2, 0) is 11.8 Å². The standard InChI is InChI=1S/C7H11N3OS2/c1-10-4-6(3-8-10)9-7(11)5-13-12-2/h3-4H,5H2,1-2H3,(H,9,11). The Kier molecular flexibility index (Phi) is 4.17. The van der Waals surface area contributed by atoms with Gasteiger partial charge in [0.15, 0.2) is 0 Å². The highest BCUT2D eigenvalue weighted by molar-refractivity contribution is 8.76. The van der Waals surface area contributed by atoms with Crippen LogP contribution in [0.25, 0.3) is 0 Å². The fourth-order valence-electron chi connectivity index (χ4n) is 0.795. The van der Waals surface area contributed by atoms with Crippen molar-refractivity contribution in [1.29, 1.82) is 0 Å². The van der Waals surface area contributed by atoms with E-state index >= 15 is 0 Å². The normalized spacial score (nSPS) is 10.0. The van der Waals surface area contributed by atoms with Gasteiger partial charge in [-0.1, -0.05) is 21.6 Å². The molecule has 1 heterocycles. The Morgan fingerprint density at radius 2 is 2.54 bits per heavy atom. The molecule has 1 aromatic heterocycles. The molecular weight excluding hydrogens is 206 g/mol. The first-order chi connectivity index (χ1) is 6.22. The molecule has 0 aliphatic carbocycles. The number of hydrogen-bond donors (Lipinski definition) is 1. The first kappa shape index (κ1) is 10.5. The van der Waals surface area contributed by atoms with Crippen LogP contribution in [0.5, 0.6) is 0 Å². The molecule has 1 aromatic rings. The second kappa shape index (κ2) is 5.18. The van der Waals surface area contributed by atoms with Crippen molar-refractivity contribution in [2.75, 3.05) is 17.3 Å². The van der Waals surface area contributed by atoms with Crippen molar-refractivity contribution in [2.24, 2.45) is 7.05 Å². The van der Waals surface area contributed by atoms with Crippen molar-refractivity contribution in [1.82, 2.24) is 9.78 Å². The number of aryl methyl sites for hydroxylation is 1. The average Bonchev–Trinajstić information content (AvgIpc) is 2.48. The summed E-state index contributed by atoms with van der Waals surface area (Å²) in [5, 5.41) is 6.68. The summed E-state index contributed by atoms with van der Waals surface area (Å²) in [4.78, 5) is 11.2. The zero-order chi connectivity index (χ0) is 9.68. The minimum atomic E-state index is 0.00681. The maximum Gasteiger partial charge on any atom is 0.235 e. The molecule has 0 aliphatic rings. The zero-order valence-corrected chi connectivity index (χ0v) is 9.11. The SMILES string of the molecule is CSSCC(=O)Nc1cnn(C)c1. The van der Waals surface area contributed by atoms with E-state index in [0.29, 0.717) is 5.75 Å². The summed E-state index contributed by atoms with van der Waals surface area (Å²) < 4.78 is 1.65. The molecule has 1 amide bonds. The molecule has 0 aromatic carbocycles. The molecule has 0 spiro atoms. The van der Waals surface area contributed by atoms with Gasteiger partial charge in [-0.15, -0.1) is 0 Å². The molecule has 13 heavy (non-hydrogen) atoms. The molecule has 0 saturated carbocycles. The van der Waals surface area contributed by atoms with Crippen molar-refractivity contribution >= 4 is 33.2 Å². The lowest BCUT2D eigenvalue weighted by atomic mass is 10.5. The average molecular weight is 217 g/mol. The van der Waals surface area contributed by atoms with Crippen molar-refractivity contribution in [3.63, 3.8) is 0 Å². The third kappa shape index (κ3) is 3.73. The van der Waals surface area contributed by atoms with Gasteiger partial charge in [0.25, 0.3) is 0 Å². The Bertz CT molecular complexity index is 287. The van der Waals surface area contributed by atoms with Crippen LogP contribution in [0.1, 0.15) is 0 Å². The summed E-state index contributed by atoms with van der Waals surface area (Å²) in [7, 11) is 4.91. The van der Waals surface area contributed by atoms with E-state index in [-0.39, 0.29) is 5.91 Å². The molecule has 0 saturated heterocycles. The molecule has 0 fully saturated rings. The molecular formula is C7H11N3OS2. The minimum Gasteiger partial charge on any atom is -0.323 e. The van der Waals surface area contributed by atoms with E-state index < -0.39 is 0 Å². The first-order valence-electron chi connectivity index (χ1n) is 3.66. The number of aromatic nitrogens is 2. The van der Waals surface area contributed by atoms with Gasteiger partial charge in [-0.25, -0.2) is 0 Å². The second-order valence-electron chi connectivity index (χ2n) is 2.38. The summed E-state index contributed by atoms with van der Waals surface area (Å²) in [5.41, 5.74) is 0.745. The molecule has 4 nitrogen and oxygen atoms in total. The van der Waals surface area contributed by atoms with E-state index in [1.807, 2.05) is 13.3 Å². The third-order valence-corrected chi connectivity index (χ3v) is 2.97. The molecule has 6 heteroatoms. The summed E-state index contributed by atoms with van der Waals surface area (Å²) in [6, 6.07) is 0. The van der Waals surface area contributed by atoms with Crippen LogP contribution in [0.2, 0.25) is 0 Å². The van der Waals surface area contributed by atoms with Gasteiger partial charge in [-0.2, -0.15) is 5.10 Å². The van der Waals surface area contributed by atoms with Crippen LogP contribution in [0, 0.1) is 0 Å². The largest absolute Gasteiger partial charge is 0.323 e. The Balaban J connectivity index is 2.36. The van der Waals surface area contributed by atoms with E-state index in [1.54, 1.807) is 27.9 Å². The fourth-order valence-corrected chi connectivity index (χ4v) is 1.77. The lowest BCUT2D eigenvalue weighted by Crippen LogP contribution is -2.12. The van der Waals surface area contributed by atoms with Crippen molar-refractivity contribution in [3.8, 4) is 0 Å². The van der Waals surface area contributed by atoms with E-state index in [9.17, 15) is 4.79 Å². The Morgan fingerprint density at radius 3 is 3.08 bits per heavy atom. The number of nitrogens with one attached hydrogen (secondary N) is 1. The quantitative estimate of drug-likeness (QED) is 0.774. The van der Waals surface area contributed by atoms with Gasteiger partial charge in [0.05, 0.1) is 17.6 Å². The number of anilines is 1. The van der Waals surface area contributed by atoms with Crippen LogP contribution in [-0.4, -0.2) is 27.7 Å². The third-order valence-electron chi connectivity index (χ3n) is 1.30. The van der Waals surface area contributed by atoms with Gasteiger partial charge in [0.2, 0.25) is 5.91 Å². The summed E-state index contributed by atoms with van der Waals surface area (Å²) >= 11 is 0. The highest BCUT2D eigenvalue weighted by atomic mass is 33.1. The maximum absolute atomic E-state index is 11.2. The van der Waals surface area contributed by atoms with Crippen molar-refractivity contribution in [3.05, 3.63) is 12.4 Å². The summed E-state index contributed by atoms with van der Waals surface area (Å²) in [6.45, 7) is 0. The van der Waals surface area contributed by atoms with Crippen LogP contribution < -0.4 is 5.32 Å². The molecule has 72 valence electrons. The van der Waals surface area contributed by atoms with Gasteiger partial charge in [-0.3, -0.25) is 9.48 Å². The van der Waals surface area contributed by atoms with Gasteiger partial charge < -0.3 is 5.32 Å². The number of nitrogens with zero attached hydrogens (tertiary/aromatic N) is 2. The van der Waals surface area contributed by atoms with Gasteiger partial charge in [-0.05, 0) is 6.26 Å². The molecule has 0 unspecified atom stereocenters. The monoisotopic (exact) mass is 217 g/mol. The van der Waals surface area contributed by atoms with E-state index in [0.717, 1.165) is 5.69 Å². The first-order valence-corrected chi connectivity index (χ1v) is 6.39. The van der Waals surface area contributed by atoms with E-state index in [4.69, 9.17) is 0 Å². The Hall–Kier alpha value is -0.620. The lowest BCUT2D eigenvalue weighted by Gasteiger charge is -1.99. The lowest BCUT2D eigenvalue weighted by molar-refractivity contribution is -0.113. The van der Waals surface area contributed by atoms with E-state index in [1.165, 1.54) is 10.8 Å². The fraction of sp³-hybridized carbons (Fsp3) is 0.429. The van der Waals surface area contributed by atoms with Crippen molar-refractivity contribution < 1.29 is 4.79 Å². The number of amides is 1. The van der Waals surface area contributed by atoms with Crippen molar-refractivity contribution in [2.45, 2.75) is 0 Å². The molecule has 1 N–H and O–H groups in total. The number of carbonyl (C=O) groups is 1.